The predicted molar refractivity (Wildman–Crippen MR) is 64.3 cm³/mol. The summed E-state index contributed by atoms with van der Waals surface area (Å²) >= 11 is 0. The zero-order valence-corrected chi connectivity index (χ0v) is 9.84. The van der Waals surface area contributed by atoms with E-state index in [4.69, 9.17) is 4.84 Å². The topological polar surface area (TPSA) is 29.5 Å². The lowest BCUT2D eigenvalue weighted by atomic mass is 10.0. The number of hydrogen-bond donors (Lipinski definition) is 0. The minimum absolute atomic E-state index is 0.231. The monoisotopic (exact) mass is 231 g/mol. The largest absolute Gasteiger partial charge is 0.364 e. The summed E-state index contributed by atoms with van der Waals surface area (Å²) in [6.45, 7) is 1.84. The Labute approximate surface area is 101 Å². The Hall–Kier alpha value is -1.35. The van der Waals surface area contributed by atoms with Crippen LogP contribution in [0.5, 0.6) is 0 Å². The van der Waals surface area contributed by atoms with Crippen molar-refractivity contribution in [1.29, 1.82) is 0 Å². The highest BCUT2D eigenvalue weighted by Gasteiger charge is 2.37. The van der Waals surface area contributed by atoms with Crippen LogP contribution in [-0.4, -0.2) is 24.1 Å². The number of benzene rings is 1. The molecule has 0 bridgehead atoms. The lowest BCUT2D eigenvalue weighted by Gasteiger charge is -2.15. The molecular formula is C14H17NO2. The fourth-order valence-electron chi connectivity index (χ4n) is 3.01. The van der Waals surface area contributed by atoms with Crippen molar-refractivity contribution in [2.24, 2.45) is 11.8 Å². The van der Waals surface area contributed by atoms with Crippen LogP contribution < -0.4 is 0 Å². The van der Waals surface area contributed by atoms with E-state index in [-0.39, 0.29) is 5.97 Å². The second-order valence-electron chi connectivity index (χ2n) is 5.04. The minimum atomic E-state index is -0.231. The number of hydroxylamine groups is 2. The maximum Gasteiger partial charge on any atom is 0.357 e. The van der Waals surface area contributed by atoms with E-state index in [9.17, 15) is 4.79 Å². The van der Waals surface area contributed by atoms with Gasteiger partial charge in [0.15, 0.2) is 0 Å². The highest BCUT2D eigenvalue weighted by molar-refractivity contribution is 5.89. The van der Waals surface area contributed by atoms with Gasteiger partial charge in [-0.2, -0.15) is 0 Å². The van der Waals surface area contributed by atoms with Gasteiger partial charge >= 0.3 is 5.97 Å². The average molecular weight is 231 g/mol. The third-order valence-corrected chi connectivity index (χ3v) is 3.91. The fourth-order valence-corrected chi connectivity index (χ4v) is 3.01. The Balaban J connectivity index is 1.60. The number of nitrogens with zero attached hydrogens (tertiary/aromatic N) is 1. The van der Waals surface area contributed by atoms with E-state index < -0.39 is 0 Å². The lowest BCUT2D eigenvalue weighted by Crippen LogP contribution is -2.26. The Morgan fingerprint density at radius 2 is 1.76 bits per heavy atom. The van der Waals surface area contributed by atoms with E-state index in [1.807, 2.05) is 23.3 Å². The van der Waals surface area contributed by atoms with Crippen molar-refractivity contribution in [3.05, 3.63) is 35.9 Å². The first kappa shape index (κ1) is 10.8. The molecule has 0 radical (unpaired) electrons. The summed E-state index contributed by atoms with van der Waals surface area (Å²) in [5.74, 6) is 1.27. The molecule has 1 aliphatic heterocycles. The van der Waals surface area contributed by atoms with Gasteiger partial charge in [0.2, 0.25) is 0 Å². The second kappa shape index (κ2) is 4.49. The molecule has 1 saturated carbocycles. The minimum Gasteiger partial charge on any atom is -0.364 e. The molecule has 1 aliphatic carbocycles. The third-order valence-electron chi connectivity index (χ3n) is 3.91. The second-order valence-corrected chi connectivity index (χ2v) is 5.04. The zero-order valence-electron chi connectivity index (χ0n) is 9.84. The SMILES string of the molecule is O=C(ON1C[C@H]2CCC[C@H]2C1)c1ccccc1. The van der Waals surface area contributed by atoms with Gasteiger partial charge in [0.1, 0.15) is 0 Å². The Morgan fingerprint density at radius 1 is 1.12 bits per heavy atom. The molecule has 0 unspecified atom stereocenters. The van der Waals surface area contributed by atoms with Crippen molar-refractivity contribution >= 4 is 5.97 Å². The first-order chi connectivity index (χ1) is 8.33. The van der Waals surface area contributed by atoms with E-state index in [0.717, 1.165) is 24.9 Å². The summed E-state index contributed by atoms with van der Waals surface area (Å²) in [4.78, 5) is 17.3. The van der Waals surface area contributed by atoms with Gasteiger partial charge in [0.05, 0.1) is 5.56 Å². The van der Waals surface area contributed by atoms with Gasteiger partial charge in [-0.25, -0.2) is 4.79 Å². The van der Waals surface area contributed by atoms with E-state index in [2.05, 4.69) is 0 Å². The summed E-state index contributed by atoms with van der Waals surface area (Å²) in [5, 5.41) is 1.85. The molecular weight excluding hydrogens is 214 g/mol. The Kier molecular flexibility index (Phi) is 2.85. The predicted octanol–water partition coefficient (Wildman–Crippen LogP) is 2.49. The number of fused-ring (bicyclic) bond motifs is 1. The van der Waals surface area contributed by atoms with Crippen LogP contribution in [-0.2, 0) is 4.84 Å². The quantitative estimate of drug-likeness (QED) is 0.783. The number of rotatable bonds is 2. The van der Waals surface area contributed by atoms with Crippen LogP contribution in [0, 0.1) is 11.8 Å². The van der Waals surface area contributed by atoms with Crippen LogP contribution in [0.25, 0.3) is 0 Å². The average Bonchev–Trinajstić information content (AvgIpc) is 2.90. The van der Waals surface area contributed by atoms with Crippen molar-refractivity contribution < 1.29 is 9.63 Å². The molecule has 1 saturated heterocycles. The van der Waals surface area contributed by atoms with Crippen molar-refractivity contribution in [2.75, 3.05) is 13.1 Å². The lowest BCUT2D eigenvalue weighted by molar-refractivity contribution is -0.0979. The molecule has 0 N–H and O–H groups in total. The fraction of sp³-hybridized carbons (Fsp3) is 0.500. The van der Waals surface area contributed by atoms with E-state index in [1.54, 1.807) is 12.1 Å². The molecule has 90 valence electrons. The van der Waals surface area contributed by atoms with Gasteiger partial charge in [-0.05, 0) is 36.8 Å². The number of carbonyl (C=O) groups is 1. The normalized spacial score (nSPS) is 28.0. The maximum absolute atomic E-state index is 11.9. The first-order valence-electron chi connectivity index (χ1n) is 6.35. The maximum atomic E-state index is 11.9. The summed E-state index contributed by atoms with van der Waals surface area (Å²) in [7, 11) is 0. The number of carbonyl (C=O) groups excluding carboxylic acids is 1. The molecule has 0 spiro atoms. The van der Waals surface area contributed by atoms with Crippen LogP contribution in [0.2, 0.25) is 0 Å². The summed E-state index contributed by atoms with van der Waals surface area (Å²) in [6.07, 6.45) is 3.93. The summed E-state index contributed by atoms with van der Waals surface area (Å²) < 4.78 is 0. The molecule has 2 atom stereocenters. The van der Waals surface area contributed by atoms with E-state index in [1.165, 1.54) is 19.3 Å². The molecule has 0 aromatic heterocycles. The van der Waals surface area contributed by atoms with Gasteiger partial charge in [-0.15, -0.1) is 5.06 Å². The molecule has 1 heterocycles. The molecule has 17 heavy (non-hydrogen) atoms. The Morgan fingerprint density at radius 3 is 2.41 bits per heavy atom. The Bertz CT molecular complexity index is 392. The van der Waals surface area contributed by atoms with Crippen LogP contribution in [0.15, 0.2) is 30.3 Å². The van der Waals surface area contributed by atoms with Gasteiger partial charge in [0, 0.05) is 13.1 Å². The molecule has 0 amide bonds. The molecule has 3 nitrogen and oxygen atoms in total. The van der Waals surface area contributed by atoms with Gasteiger partial charge in [0.25, 0.3) is 0 Å². The highest BCUT2D eigenvalue weighted by Crippen LogP contribution is 2.37. The number of hydrogen-bond acceptors (Lipinski definition) is 3. The van der Waals surface area contributed by atoms with Gasteiger partial charge in [-0.3, -0.25) is 0 Å². The standard InChI is InChI=1S/C14H17NO2/c16-14(11-5-2-1-3-6-11)17-15-9-12-7-4-8-13(12)10-15/h1-3,5-6,12-13H,4,7-10H2/t12-,13+. The molecule has 1 aromatic carbocycles. The molecule has 3 rings (SSSR count). The first-order valence-corrected chi connectivity index (χ1v) is 6.35. The molecule has 2 fully saturated rings. The van der Waals surface area contributed by atoms with Crippen molar-refractivity contribution in [1.82, 2.24) is 5.06 Å². The van der Waals surface area contributed by atoms with Crippen molar-refractivity contribution in [3.8, 4) is 0 Å². The van der Waals surface area contributed by atoms with Crippen LogP contribution in [0.3, 0.4) is 0 Å². The van der Waals surface area contributed by atoms with Gasteiger partial charge in [-0.1, -0.05) is 24.6 Å². The molecule has 2 aliphatic rings. The van der Waals surface area contributed by atoms with Crippen LogP contribution >= 0.6 is 0 Å². The molecule has 1 aromatic rings. The van der Waals surface area contributed by atoms with E-state index >= 15 is 0 Å². The highest BCUT2D eigenvalue weighted by atomic mass is 16.7. The van der Waals surface area contributed by atoms with Gasteiger partial charge < -0.3 is 4.84 Å². The van der Waals surface area contributed by atoms with Crippen LogP contribution in [0.4, 0.5) is 0 Å². The summed E-state index contributed by atoms with van der Waals surface area (Å²) in [6, 6.07) is 9.19. The zero-order chi connectivity index (χ0) is 11.7. The van der Waals surface area contributed by atoms with Crippen LogP contribution in [0.1, 0.15) is 29.6 Å². The van der Waals surface area contributed by atoms with Crippen molar-refractivity contribution in [2.45, 2.75) is 19.3 Å². The van der Waals surface area contributed by atoms with E-state index in [0.29, 0.717) is 5.56 Å². The smallest absolute Gasteiger partial charge is 0.357 e. The third kappa shape index (κ3) is 2.20. The van der Waals surface area contributed by atoms with Crippen molar-refractivity contribution in [3.63, 3.8) is 0 Å². The molecule has 3 heteroatoms. The summed E-state index contributed by atoms with van der Waals surface area (Å²) in [5.41, 5.74) is 0.629.